The second kappa shape index (κ2) is 3.86. The topological polar surface area (TPSA) is 43.8 Å². The second-order valence-electron chi connectivity index (χ2n) is 4.93. The highest BCUT2D eigenvalue weighted by Crippen LogP contribution is 2.24. The molecule has 1 heterocycles. The summed E-state index contributed by atoms with van der Waals surface area (Å²) >= 11 is 3.47. The maximum absolute atomic E-state index is 6.02. The first-order chi connectivity index (χ1) is 7.37. The van der Waals surface area contributed by atoms with Crippen LogP contribution in [0.15, 0.2) is 22.8 Å². The Morgan fingerprint density at radius 1 is 1.44 bits per heavy atom. The molecule has 16 heavy (non-hydrogen) atoms. The molecule has 3 nitrogen and oxygen atoms in total. The molecule has 86 valence electrons. The number of benzene rings is 1. The van der Waals surface area contributed by atoms with Gasteiger partial charge >= 0.3 is 0 Å². The zero-order valence-corrected chi connectivity index (χ0v) is 11.4. The summed E-state index contributed by atoms with van der Waals surface area (Å²) in [5.41, 5.74) is 8.22. The number of fused-ring (bicyclic) bond motifs is 1. The summed E-state index contributed by atoms with van der Waals surface area (Å²) in [6, 6.07) is 6.36. The van der Waals surface area contributed by atoms with E-state index in [0.717, 1.165) is 21.9 Å². The molecule has 2 rings (SSSR count). The maximum atomic E-state index is 6.02. The van der Waals surface area contributed by atoms with Crippen LogP contribution >= 0.6 is 15.9 Å². The molecular formula is C12H16BrN3. The molecule has 0 saturated heterocycles. The van der Waals surface area contributed by atoms with E-state index in [-0.39, 0.29) is 5.54 Å². The molecule has 0 bridgehead atoms. The average Bonchev–Trinajstić information content (AvgIpc) is 2.40. The number of aryl methyl sites for hydroxylation is 1. The van der Waals surface area contributed by atoms with Gasteiger partial charge in [0.2, 0.25) is 0 Å². The fraction of sp³-hybridized carbons (Fsp3) is 0.417. The predicted octanol–water partition coefficient (Wildman–Crippen LogP) is 2.62. The minimum Gasteiger partial charge on any atom is -0.325 e. The Morgan fingerprint density at radius 3 is 2.75 bits per heavy atom. The van der Waals surface area contributed by atoms with E-state index in [1.807, 2.05) is 25.6 Å². The number of nitrogens with two attached hydrogens (primary N) is 1. The number of hydrogen-bond acceptors (Lipinski definition) is 2. The Bertz CT molecular complexity index is 523. The minimum absolute atomic E-state index is 0.178. The Morgan fingerprint density at radius 2 is 2.12 bits per heavy atom. The van der Waals surface area contributed by atoms with Crippen molar-refractivity contribution < 1.29 is 0 Å². The predicted molar refractivity (Wildman–Crippen MR) is 70.4 cm³/mol. The number of nitrogens with zero attached hydrogens (tertiary/aromatic N) is 2. The van der Waals surface area contributed by atoms with Gasteiger partial charge in [-0.3, -0.25) is 4.68 Å². The van der Waals surface area contributed by atoms with Crippen LogP contribution in [-0.2, 0) is 13.5 Å². The maximum Gasteiger partial charge on any atom is 0.135 e. The van der Waals surface area contributed by atoms with Gasteiger partial charge in [0.05, 0.1) is 5.52 Å². The van der Waals surface area contributed by atoms with E-state index in [9.17, 15) is 0 Å². The van der Waals surface area contributed by atoms with Gasteiger partial charge in [0.25, 0.3) is 0 Å². The van der Waals surface area contributed by atoms with Crippen LogP contribution in [0, 0.1) is 0 Å². The zero-order valence-electron chi connectivity index (χ0n) is 9.79. The van der Waals surface area contributed by atoms with Crippen molar-refractivity contribution in [1.82, 2.24) is 9.78 Å². The Kier molecular flexibility index (Phi) is 2.80. The van der Waals surface area contributed by atoms with Gasteiger partial charge in [0, 0.05) is 18.0 Å². The fourth-order valence-electron chi connectivity index (χ4n) is 1.91. The van der Waals surface area contributed by atoms with Gasteiger partial charge in [-0.1, -0.05) is 6.07 Å². The number of halogens is 1. The van der Waals surface area contributed by atoms with Crippen LogP contribution in [0.4, 0.5) is 0 Å². The smallest absolute Gasteiger partial charge is 0.135 e. The molecule has 1 aromatic heterocycles. The quantitative estimate of drug-likeness (QED) is 0.920. The van der Waals surface area contributed by atoms with Crippen LogP contribution in [0.25, 0.3) is 10.9 Å². The summed E-state index contributed by atoms with van der Waals surface area (Å²) in [4.78, 5) is 0. The van der Waals surface area contributed by atoms with Crippen molar-refractivity contribution in [2.24, 2.45) is 12.8 Å². The van der Waals surface area contributed by atoms with Gasteiger partial charge in [-0.05, 0) is 53.9 Å². The Hall–Kier alpha value is -0.870. The molecule has 0 aliphatic rings. The van der Waals surface area contributed by atoms with Crippen molar-refractivity contribution in [2.75, 3.05) is 0 Å². The highest BCUT2D eigenvalue weighted by molar-refractivity contribution is 9.10. The van der Waals surface area contributed by atoms with Crippen molar-refractivity contribution in [2.45, 2.75) is 25.8 Å². The van der Waals surface area contributed by atoms with E-state index < -0.39 is 0 Å². The molecule has 0 spiro atoms. The van der Waals surface area contributed by atoms with Crippen molar-refractivity contribution in [3.8, 4) is 0 Å². The first kappa shape index (κ1) is 11.6. The van der Waals surface area contributed by atoms with E-state index in [4.69, 9.17) is 5.73 Å². The molecule has 0 atom stereocenters. The van der Waals surface area contributed by atoms with Gasteiger partial charge in [-0.25, -0.2) is 0 Å². The number of rotatable bonds is 2. The summed E-state index contributed by atoms with van der Waals surface area (Å²) in [7, 11) is 1.94. The molecule has 4 heteroatoms. The highest BCUT2D eigenvalue weighted by atomic mass is 79.9. The van der Waals surface area contributed by atoms with E-state index in [2.05, 4.69) is 39.2 Å². The van der Waals surface area contributed by atoms with E-state index in [1.165, 1.54) is 5.56 Å². The second-order valence-corrected chi connectivity index (χ2v) is 5.68. The largest absolute Gasteiger partial charge is 0.325 e. The number of hydrogen-bond donors (Lipinski definition) is 1. The summed E-state index contributed by atoms with van der Waals surface area (Å²) in [5, 5.41) is 5.47. The lowest BCUT2D eigenvalue weighted by Gasteiger charge is -2.18. The van der Waals surface area contributed by atoms with Crippen LogP contribution in [0.2, 0.25) is 0 Å². The molecule has 0 radical (unpaired) electrons. The number of aromatic nitrogens is 2. The molecular weight excluding hydrogens is 266 g/mol. The summed E-state index contributed by atoms with van der Waals surface area (Å²) in [6.07, 6.45) is 0.865. The van der Waals surface area contributed by atoms with Crippen LogP contribution in [0.5, 0.6) is 0 Å². The lowest BCUT2D eigenvalue weighted by atomic mass is 9.96. The highest BCUT2D eigenvalue weighted by Gasteiger charge is 2.13. The van der Waals surface area contributed by atoms with Crippen molar-refractivity contribution >= 4 is 26.8 Å². The molecule has 0 unspecified atom stereocenters. The van der Waals surface area contributed by atoms with Gasteiger partial charge in [0.1, 0.15) is 4.60 Å². The van der Waals surface area contributed by atoms with Crippen molar-refractivity contribution in [1.29, 1.82) is 0 Å². The summed E-state index contributed by atoms with van der Waals surface area (Å²) < 4.78 is 2.76. The Labute approximate surface area is 104 Å². The SMILES string of the molecule is Cn1nc(Br)c2cc(CC(C)(C)N)ccc21. The molecule has 0 fully saturated rings. The van der Waals surface area contributed by atoms with Crippen LogP contribution in [0.1, 0.15) is 19.4 Å². The lowest BCUT2D eigenvalue weighted by molar-refractivity contribution is 0.517. The van der Waals surface area contributed by atoms with Crippen LogP contribution in [0.3, 0.4) is 0 Å². The van der Waals surface area contributed by atoms with Crippen LogP contribution < -0.4 is 5.73 Å². The van der Waals surface area contributed by atoms with E-state index in [0.29, 0.717) is 0 Å². The van der Waals surface area contributed by atoms with E-state index in [1.54, 1.807) is 0 Å². The molecule has 2 aromatic rings. The third-order valence-corrected chi connectivity index (χ3v) is 3.12. The molecule has 1 aromatic carbocycles. The first-order valence-corrected chi connectivity index (χ1v) is 6.06. The monoisotopic (exact) mass is 281 g/mol. The fourth-order valence-corrected chi connectivity index (χ4v) is 2.46. The van der Waals surface area contributed by atoms with Gasteiger partial charge < -0.3 is 5.73 Å². The zero-order chi connectivity index (χ0) is 11.9. The van der Waals surface area contributed by atoms with Crippen LogP contribution in [-0.4, -0.2) is 15.3 Å². The molecule has 0 saturated carbocycles. The summed E-state index contributed by atoms with van der Waals surface area (Å²) in [5.74, 6) is 0. The van der Waals surface area contributed by atoms with Crippen molar-refractivity contribution in [3.63, 3.8) is 0 Å². The molecule has 0 aliphatic heterocycles. The molecule has 0 aliphatic carbocycles. The first-order valence-electron chi connectivity index (χ1n) is 5.27. The average molecular weight is 282 g/mol. The molecule has 2 N–H and O–H groups in total. The standard InChI is InChI=1S/C12H16BrN3/c1-12(2,14)7-8-4-5-10-9(6-8)11(13)15-16(10)3/h4-6H,7,14H2,1-3H3. The van der Waals surface area contributed by atoms with Crippen molar-refractivity contribution in [3.05, 3.63) is 28.4 Å². The lowest BCUT2D eigenvalue weighted by Crippen LogP contribution is -2.34. The Balaban J connectivity index is 2.48. The third kappa shape index (κ3) is 2.28. The van der Waals surface area contributed by atoms with Gasteiger partial charge in [-0.15, -0.1) is 0 Å². The van der Waals surface area contributed by atoms with E-state index >= 15 is 0 Å². The third-order valence-electron chi connectivity index (χ3n) is 2.53. The minimum atomic E-state index is -0.178. The normalized spacial score (nSPS) is 12.3. The molecule has 0 amide bonds. The summed E-state index contributed by atoms with van der Waals surface area (Å²) in [6.45, 7) is 4.07. The van der Waals surface area contributed by atoms with Gasteiger partial charge in [0.15, 0.2) is 0 Å². The van der Waals surface area contributed by atoms with Gasteiger partial charge in [-0.2, -0.15) is 5.10 Å².